The summed E-state index contributed by atoms with van der Waals surface area (Å²) in [5, 5.41) is 19.5. The van der Waals surface area contributed by atoms with Crippen LogP contribution in [0.15, 0.2) is 46.2 Å². The van der Waals surface area contributed by atoms with Gasteiger partial charge in [0.2, 0.25) is 5.89 Å². The molecule has 1 aromatic carbocycles. The van der Waals surface area contributed by atoms with Gasteiger partial charge >= 0.3 is 0 Å². The molecule has 0 amide bonds. The van der Waals surface area contributed by atoms with Crippen LogP contribution in [0, 0.1) is 0 Å². The molecular formula is C17H19N3O3S. The van der Waals surface area contributed by atoms with E-state index in [1.165, 1.54) is 0 Å². The Kier molecular flexibility index (Phi) is 5.12. The van der Waals surface area contributed by atoms with Crippen LogP contribution >= 0.6 is 11.3 Å². The molecule has 0 fully saturated rings. The first-order valence-electron chi connectivity index (χ1n) is 7.63. The SMILES string of the molecule is C[C@@H](c1nnc(-c2cccs2)o1)N(C)CCOc1ccc(O)cc1. The molecule has 0 radical (unpaired) electrons. The van der Waals surface area contributed by atoms with Gasteiger partial charge in [0.15, 0.2) is 0 Å². The van der Waals surface area contributed by atoms with Crippen molar-refractivity contribution in [3.05, 3.63) is 47.7 Å². The van der Waals surface area contributed by atoms with Crippen molar-refractivity contribution in [3.8, 4) is 22.3 Å². The fraction of sp³-hybridized carbons (Fsp3) is 0.294. The van der Waals surface area contributed by atoms with Gasteiger partial charge < -0.3 is 14.3 Å². The molecule has 0 saturated heterocycles. The molecule has 6 nitrogen and oxygen atoms in total. The summed E-state index contributed by atoms with van der Waals surface area (Å²) in [5.41, 5.74) is 0. The summed E-state index contributed by atoms with van der Waals surface area (Å²) in [6.45, 7) is 3.25. The third-order valence-corrected chi connectivity index (χ3v) is 4.60. The molecule has 2 aromatic heterocycles. The molecule has 0 spiro atoms. The van der Waals surface area contributed by atoms with Gasteiger partial charge in [-0.15, -0.1) is 21.5 Å². The summed E-state index contributed by atoms with van der Waals surface area (Å²) in [7, 11) is 1.99. The number of aromatic nitrogens is 2. The second-order valence-corrected chi connectivity index (χ2v) is 6.37. The van der Waals surface area contributed by atoms with E-state index in [9.17, 15) is 5.11 Å². The number of phenolic OH excluding ortho intramolecular Hbond substituents is 1. The number of hydrogen-bond donors (Lipinski definition) is 1. The van der Waals surface area contributed by atoms with E-state index >= 15 is 0 Å². The Labute approximate surface area is 144 Å². The maximum absolute atomic E-state index is 9.25. The van der Waals surface area contributed by atoms with Crippen LogP contribution in [0.4, 0.5) is 0 Å². The Morgan fingerprint density at radius 2 is 2.04 bits per heavy atom. The molecule has 126 valence electrons. The second-order valence-electron chi connectivity index (χ2n) is 5.42. The predicted octanol–water partition coefficient (Wildman–Crippen LogP) is 3.58. The zero-order valence-electron chi connectivity index (χ0n) is 13.5. The maximum atomic E-state index is 9.25. The predicted molar refractivity (Wildman–Crippen MR) is 92.3 cm³/mol. The van der Waals surface area contributed by atoms with Crippen LogP contribution in [-0.2, 0) is 0 Å². The molecule has 0 aliphatic rings. The lowest BCUT2D eigenvalue weighted by atomic mass is 10.3. The largest absolute Gasteiger partial charge is 0.508 e. The molecule has 3 aromatic rings. The topological polar surface area (TPSA) is 71.6 Å². The van der Waals surface area contributed by atoms with E-state index < -0.39 is 0 Å². The number of likely N-dealkylation sites (N-methyl/N-ethyl adjacent to an activating group) is 1. The number of thiophene rings is 1. The Bertz CT molecular complexity index is 756. The van der Waals surface area contributed by atoms with E-state index in [0.29, 0.717) is 24.9 Å². The first-order valence-corrected chi connectivity index (χ1v) is 8.51. The van der Waals surface area contributed by atoms with Crippen molar-refractivity contribution in [1.29, 1.82) is 0 Å². The highest BCUT2D eigenvalue weighted by Crippen LogP contribution is 2.26. The monoisotopic (exact) mass is 345 g/mol. The standard InChI is InChI=1S/C17H19N3O3S/c1-12(16-18-19-17(23-16)15-4-3-11-24-15)20(2)9-10-22-14-7-5-13(21)6-8-14/h3-8,11-12,21H,9-10H2,1-2H3/t12-/m0/s1. The van der Waals surface area contributed by atoms with Crippen LogP contribution in [0.25, 0.3) is 10.8 Å². The van der Waals surface area contributed by atoms with Crippen LogP contribution in [-0.4, -0.2) is 40.4 Å². The van der Waals surface area contributed by atoms with Gasteiger partial charge in [0.05, 0.1) is 10.9 Å². The minimum absolute atomic E-state index is 0.00497. The van der Waals surface area contributed by atoms with Crippen molar-refractivity contribution in [2.24, 2.45) is 0 Å². The molecule has 1 atom stereocenters. The fourth-order valence-corrected chi connectivity index (χ4v) is 2.78. The molecule has 0 aliphatic heterocycles. The first-order chi connectivity index (χ1) is 11.6. The van der Waals surface area contributed by atoms with Crippen molar-refractivity contribution >= 4 is 11.3 Å². The highest BCUT2D eigenvalue weighted by atomic mass is 32.1. The van der Waals surface area contributed by atoms with Crippen molar-refractivity contribution in [3.63, 3.8) is 0 Å². The molecule has 2 heterocycles. The van der Waals surface area contributed by atoms with Gasteiger partial charge in [0.1, 0.15) is 18.1 Å². The smallest absolute Gasteiger partial charge is 0.257 e. The van der Waals surface area contributed by atoms with Gasteiger partial charge in [-0.05, 0) is 49.7 Å². The molecule has 1 N–H and O–H groups in total. The maximum Gasteiger partial charge on any atom is 0.257 e. The summed E-state index contributed by atoms with van der Waals surface area (Å²) in [5.74, 6) is 2.10. The lowest BCUT2D eigenvalue weighted by Crippen LogP contribution is -2.27. The van der Waals surface area contributed by atoms with Crippen molar-refractivity contribution < 1.29 is 14.3 Å². The van der Waals surface area contributed by atoms with Crippen LogP contribution < -0.4 is 4.74 Å². The molecule has 0 bridgehead atoms. The highest BCUT2D eigenvalue weighted by Gasteiger charge is 2.19. The average molecular weight is 345 g/mol. The van der Waals surface area contributed by atoms with E-state index in [1.54, 1.807) is 35.6 Å². The van der Waals surface area contributed by atoms with Crippen molar-refractivity contribution in [1.82, 2.24) is 15.1 Å². The fourth-order valence-electron chi connectivity index (χ4n) is 2.14. The summed E-state index contributed by atoms with van der Waals surface area (Å²) < 4.78 is 11.4. The Hall–Kier alpha value is -2.38. The van der Waals surface area contributed by atoms with Crippen LogP contribution in [0.3, 0.4) is 0 Å². The molecule has 0 unspecified atom stereocenters. The van der Waals surface area contributed by atoms with E-state index in [2.05, 4.69) is 15.1 Å². The van der Waals surface area contributed by atoms with Gasteiger partial charge in [-0.3, -0.25) is 4.90 Å². The minimum Gasteiger partial charge on any atom is -0.508 e. The molecule has 0 aliphatic carbocycles. The zero-order valence-corrected chi connectivity index (χ0v) is 14.4. The third-order valence-electron chi connectivity index (χ3n) is 3.74. The zero-order chi connectivity index (χ0) is 16.9. The number of benzene rings is 1. The number of aromatic hydroxyl groups is 1. The third kappa shape index (κ3) is 3.93. The summed E-state index contributed by atoms with van der Waals surface area (Å²) in [6, 6.07) is 10.6. The number of rotatable bonds is 7. The Morgan fingerprint density at radius 3 is 2.75 bits per heavy atom. The normalized spacial score (nSPS) is 12.5. The number of phenols is 1. The molecule has 24 heavy (non-hydrogen) atoms. The van der Waals surface area contributed by atoms with Crippen molar-refractivity contribution in [2.75, 3.05) is 20.2 Å². The summed E-state index contributed by atoms with van der Waals surface area (Å²) in [4.78, 5) is 3.06. The summed E-state index contributed by atoms with van der Waals surface area (Å²) in [6.07, 6.45) is 0. The Balaban J connectivity index is 1.53. The number of nitrogens with zero attached hydrogens (tertiary/aromatic N) is 3. The van der Waals surface area contributed by atoms with Crippen molar-refractivity contribution in [2.45, 2.75) is 13.0 Å². The summed E-state index contributed by atoms with van der Waals surface area (Å²) >= 11 is 1.57. The number of hydrogen-bond acceptors (Lipinski definition) is 7. The minimum atomic E-state index is -0.00497. The van der Waals surface area contributed by atoms with E-state index in [4.69, 9.17) is 9.15 Å². The number of ether oxygens (including phenoxy) is 1. The van der Waals surface area contributed by atoms with Gasteiger partial charge in [-0.25, -0.2) is 0 Å². The quantitative estimate of drug-likeness (QED) is 0.706. The molecular weight excluding hydrogens is 326 g/mol. The van der Waals surface area contributed by atoms with Crippen LogP contribution in [0.2, 0.25) is 0 Å². The lowest BCUT2D eigenvalue weighted by Gasteiger charge is -2.21. The highest BCUT2D eigenvalue weighted by molar-refractivity contribution is 7.13. The Morgan fingerprint density at radius 1 is 1.25 bits per heavy atom. The molecule has 7 heteroatoms. The van der Waals surface area contributed by atoms with Gasteiger partial charge in [-0.1, -0.05) is 6.07 Å². The first kappa shape index (κ1) is 16.5. The second kappa shape index (κ2) is 7.46. The molecule has 0 saturated carbocycles. The van der Waals surface area contributed by atoms with E-state index in [0.717, 1.165) is 10.6 Å². The van der Waals surface area contributed by atoms with E-state index in [1.807, 2.05) is 31.5 Å². The van der Waals surface area contributed by atoms with Gasteiger partial charge in [-0.2, -0.15) is 0 Å². The van der Waals surface area contributed by atoms with E-state index in [-0.39, 0.29) is 11.8 Å². The average Bonchev–Trinajstić information content (AvgIpc) is 3.27. The van der Waals surface area contributed by atoms with Gasteiger partial charge in [0.25, 0.3) is 5.89 Å². The van der Waals surface area contributed by atoms with Gasteiger partial charge in [0, 0.05) is 6.54 Å². The van der Waals surface area contributed by atoms with Crippen LogP contribution in [0.1, 0.15) is 18.9 Å². The lowest BCUT2D eigenvalue weighted by molar-refractivity contribution is 0.182. The van der Waals surface area contributed by atoms with Crippen LogP contribution in [0.5, 0.6) is 11.5 Å². The molecule has 3 rings (SSSR count).